The van der Waals surface area contributed by atoms with E-state index in [0.717, 1.165) is 32.1 Å². The Morgan fingerprint density at radius 2 is 1.81 bits per heavy atom. The number of carbonyl (C=O) groups is 1. The molecule has 1 aromatic carbocycles. The van der Waals surface area contributed by atoms with Gasteiger partial charge >= 0.3 is 29.6 Å². The van der Waals surface area contributed by atoms with Crippen LogP contribution >= 0.6 is 11.6 Å². The van der Waals surface area contributed by atoms with E-state index in [1.807, 2.05) is 12.2 Å². The van der Waals surface area contributed by atoms with Crippen molar-refractivity contribution in [1.82, 2.24) is 4.72 Å². The van der Waals surface area contributed by atoms with E-state index in [1.165, 1.54) is 12.1 Å². The minimum absolute atomic E-state index is 0. The van der Waals surface area contributed by atoms with E-state index in [2.05, 4.69) is 4.72 Å². The molecule has 0 amide bonds. The Labute approximate surface area is 182 Å². The number of hydrogen-bond donors (Lipinski definition) is 1. The van der Waals surface area contributed by atoms with E-state index in [1.54, 1.807) is 12.1 Å². The van der Waals surface area contributed by atoms with Gasteiger partial charge in [0.1, 0.15) is 0 Å². The molecule has 2 rings (SSSR count). The van der Waals surface area contributed by atoms with Gasteiger partial charge < -0.3 is 9.90 Å². The molecule has 0 aromatic heterocycles. The molecule has 8 heteroatoms. The fourth-order valence-corrected chi connectivity index (χ4v) is 4.46. The molecule has 0 radical (unpaired) electrons. The summed E-state index contributed by atoms with van der Waals surface area (Å²) >= 11 is 5.80. The van der Waals surface area contributed by atoms with Crippen LogP contribution in [0, 0.1) is 5.41 Å². The number of benzene rings is 1. The number of allylic oxidation sites excluding steroid dienone is 2. The molecule has 0 bridgehead atoms. The first kappa shape index (κ1) is 23.7. The van der Waals surface area contributed by atoms with Gasteiger partial charge in [-0.2, -0.15) is 0 Å². The molecule has 1 aliphatic carbocycles. The third-order valence-electron chi connectivity index (χ3n) is 4.66. The molecule has 0 heterocycles. The average molecular weight is 408 g/mol. The third kappa shape index (κ3) is 7.33. The van der Waals surface area contributed by atoms with Gasteiger partial charge in [0.2, 0.25) is 10.0 Å². The Hall–Kier alpha value is -0.370. The number of carbonyl (C=O) groups excluding carboxylic acids is 1. The van der Waals surface area contributed by atoms with Crippen molar-refractivity contribution in [3.05, 3.63) is 41.4 Å². The molecule has 0 spiro atoms. The predicted octanol–water partition coefficient (Wildman–Crippen LogP) is -0.341. The minimum Gasteiger partial charge on any atom is -0.550 e. The van der Waals surface area contributed by atoms with Gasteiger partial charge in [-0.3, -0.25) is 0 Å². The second-order valence-electron chi connectivity index (χ2n) is 6.57. The van der Waals surface area contributed by atoms with Crippen LogP contribution in [0.25, 0.3) is 0 Å². The van der Waals surface area contributed by atoms with Crippen LogP contribution in [0.5, 0.6) is 0 Å². The number of sulfonamides is 1. The van der Waals surface area contributed by atoms with E-state index < -0.39 is 16.0 Å². The standard InChI is InChI=1S/C18H24ClNO4S.Na/c19-15-7-9-16(10-8-15)25(23,24)20-14-18(12-4-5-13-18)11-3-1-2-6-17(21)22;/h1,3,7-10,20H,2,4-6,11-14H2,(H,21,22);/q;+1/p-1/b3-1-;. The molecule has 26 heavy (non-hydrogen) atoms. The zero-order valence-electron chi connectivity index (χ0n) is 15.0. The number of aliphatic carboxylic acids is 1. The van der Waals surface area contributed by atoms with E-state index in [9.17, 15) is 18.3 Å². The molecule has 0 atom stereocenters. The number of carboxylic acids is 1. The Morgan fingerprint density at radius 3 is 2.38 bits per heavy atom. The van der Waals surface area contributed by atoms with Crippen LogP contribution in [-0.4, -0.2) is 20.9 Å². The predicted molar refractivity (Wildman–Crippen MR) is 95.5 cm³/mol. The van der Waals surface area contributed by atoms with Crippen molar-refractivity contribution in [3.8, 4) is 0 Å². The number of halogens is 1. The topological polar surface area (TPSA) is 86.3 Å². The van der Waals surface area contributed by atoms with Crippen molar-refractivity contribution in [2.24, 2.45) is 5.41 Å². The van der Waals surface area contributed by atoms with E-state index in [-0.39, 0.29) is 46.3 Å². The van der Waals surface area contributed by atoms with Gasteiger partial charge in [0.05, 0.1) is 4.90 Å². The first-order valence-electron chi connectivity index (χ1n) is 8.43. The SMILES string of the molecule is O=C([O-])CC/C=C\CC1(CNS(=O)(=O)c2ccc(Cl)cc2)CCCC1.[Na+]. The number of nitrogens with one attached hydrogen (secondary N) is 1. The second-order valence-corrected chi connectivity index (χ2v) is 8.78. The molecule has 1 aromatic rings. The smallest absolute Gasteiger partial charge is 0.550 e. The maximum Gasteiger partial charge on any atom is 1.00 e. The van der Waals surface area contributed by atoms with E-state index in [0.29, 0.717) is 18.0 Å². The fraction of sp³-hybridized carbons (Fsp3) is 0.500. The molecule has 0 unspecified atom stereocenters. The van der Waals surface area contributed by atoms with E-state index >= 15 is 0 Å². The largest absolute Gasteiger partial charge is 1.00 e. The number of rotatable bonds is 9. The molecular weight excluding hydrogens is 385 g/mol. The average Bonchev–Trinajstić information content (AvgIpc) is 3.02. The summed E-state index contributed by atoms with van der Waals surface area (Å²) in [5.41, 5.74) is -0.0997. The Morgan fingerprint density at radius 1 is 1.19 bits per heavy atom. The van der Waals surface area contributed by atoms with Crippen LogP contribution in [0.1, 0.15) is 44.9 Å². The van der Waals surface area contributed by atoms with Crippen molar-refractivity contribution >= 4 is 27.6 Å². The van der Waals surface area contributed by atoms with Crippen molar-refractivity contribution in [3.63, 3.8) is 0 Å². The van der Waals surface area contributed by atoms with Crippen LogP contribution in [0.15, 0.2) is 41.3 Å². The van der Waals surface area contributed by atoms with Crippen molar-refractivity contribution in [2.75, 3.05) is 6.54 Å². The summed E-state index contributed by atoms with van der Waals surface area (Å²) in [5.74, 6) is -1.06. The molecule has 138 valence electrons. The summed E-state index contributed by atoms with van der Waals surface area (Å²) in [6, 6.07) is 6.10. The van der Waals surface area contributed by atoms with Crippen molar-refractivity contribution in [1.29, 1.82) is 0 Å². The zero-order chi connectivity index (χ0) is 18.3. The van der Waals surface area contributed by atoms with E-state index in [4.69, 9.17) is 11.6 Å². The van der Waals surface area contributed by atoms with Gasteiger partial charge in [0.25, 0.3) is 0 Å². The summed E-state index contributed by atoms with van der Waals surface area (Å²) in [6.07, 6.45) is 9.06. The van der Waals surface area contributed by atoms with Gasteiger partial charge in [-0.05, 0) is 61.8 Å². The fourth-order valence-electron chi connectivity index (χ4n) is 3.18. The van der Waals surface area contributed by atoms with Gasteiger partial charge in [-0.15, -0.1) is 0 Å². The third-order valence-corrected chi connectivity index (χ3v) is 6.33. The number of hydrogen-bond acceptors (Lipinski definition) is 4. The maximum atomic E-state index is 12.4. The maximum absolute atomic E-state index is 12.4. The molecule has 0 aliphatic heterocycles. The van der Waals surface area contributed by atoms with Gasteiger partial charge in [-0.25, -0.2) is 13.1 Å². The summed E-state index contributed by atoms with van der Waals surface area (Å²) in [4.78, 5) is 10.6. The minimum atomic E-state index is -3.57. The van der Waals surface area contributed by atoms with Gasteiger partial charge in [0, 0.05) is 17.5 Å². The Bertz CT molecular complexity index is 713. The first-order chi connectivity index (χ1) is 11.8. The van der Waals surface area contributed by atoms with Gasteiger partial charge in [-0.1, -0.05) is 36.6 Å². The van der Waals surface area contributed by atoms with Crippen LogP contribution in [0.2, 0.25) is 5.02 Å². The zero-order valence-corrected chi connectivity index (χ0v) is 18.6. The molecular formula is C18H23ClNNaO4S. The second kappa shape index (κ2) is 10.8. The monoisotopic (exact) mass is 407 g/mol. The van der Waals surface area contributed by atoms with Gasteiger partial charge in [0.15, 0.2) is 0 Å². The molecule has 1 fully saturated rings. The quantitative estimate of drug-likeness (QED) is 0.448. The van der Waals surface area contributed by atoms with Crippen LogP contribution in [-0.2, 0) is 14.8 Å². The summed E-state index contributed by atoms with van der Waals surface area (Å²) in [7, 11) is -3.57. The summed E-state index contributed by atoms with van der Waals surface area (Å²) < 4.78 is 27.6. The summed E-state index contributed by atoms with van der Waals surface area (Å²) in [6.45, 7) is 0.378. The first-order valence-corrected chi connectivity index (χ1v) is 10.3. The van der Waals surface area contributed by atoms with Crippen LogP contribution in [0.3, 0.4) is 0 Å². The van der Waals surface area contributed by atoms with Crippen LogP contribution in [0.4, 0.5) is 0 Å². The Kier molecular flexibility index (Phi) is 9.86. The number of carboxylic acid groups (broad SMARTS) is 1. The van der Waals surface area contributed by atoms with Crippen molar-refractivity contribution < 1.29 is 47.9 Å². The normalized spacial score (nSPS) is 16.5. The summed E-state index contributed by atoms with van der Waals surface area (Å²) in [5, 5.41) is 10.9. The van der Waals surface area contributed by atoms with Crippen LogP contribution < -0.4 is 39.4 Å². The Balaban J connectivity index is 0.00000338. The molecule has 1 aliphatic rings. The molecule has 1 N–H and O–H groups in total. The molecule has 1 saturated carbocycles. The molecule has 5 nitrogen and oxygen atoms in total. The molecule has 0 saturated heterocycles. The van der Waals surface area contributed by atoms with Crippen molar-refractivity contribution in [2.45, 2.75) is 49.8 Å².